The summed E-state index contributed by atoms with van der Waals surface area (Å²) in [5, 5.41) is 0. The largest absolute Gasteiger partial charge is 0.484 e. The first-order valence-corrected chi connectivity index (χ1v) is 6.72. The Morgan fingerprint density at radius 3 is 2.33 bits per heavy atom. The van der Waals surface area contributed by atoms with E-state index in [0.717, 1.165) is 0 Å². The Morgan fingerprint density at radius 2 is 1.86 bits per heavy atom. The Balaban J connectivity index is 2.64. The number of carbonyl (C=O) groups excluding carboxylic acids is 2. The maximum atomic E-state index is 12.1. The smallest absolute Gasteiger partial charge is 0.260 e. The van der Waals surface area contributed by atoms with Crippen molar-refractivity contribution in [2.75, 3.05) is 13.7 Å². The topological polar surface area (TPSA) is 98.7 Å². The van der Waals surface area contributed by atoms with Crippen LogP contribution in [-0.4, -0.2) is 41.9 Å². The van der Waals surface area contributed by atoms with E-state index in [2.05, 4.69) is 0 Å². The normalized spacial score (nSPS) is 12.6. The van der Waals surface area contributed by atoms with E-state index in [0.29, 0.717) is 5.75 Å². The van der Waals surface area contributed by atoms with Crippen LogP contribution in [0.4, 0.5) is 0 Å². The summed E-state index contributed by atoms with van der Waals surface area (Å²) in [7, 11) is 1.53. The highest BCUT2D eigenvalue weighted by Crippen LogP contribution is 2.13. The second kappa shape index (κ2) is 7.08. The van der Waals surface area contributed by atoms with Crippen LogP contribution in [0.2, 0.25) is 0 Å². The van der Waals surface area contributed by atoms with Gasteiger partial charge in [-0.15, -0.1) is 0 Å². The van der Waals surface area contributed by atoms with E-state index in [4.69, 9.17) is 16.2 Å². The summed E-state index contributed by atoms with van der Waals surface area (Å²) in [6, 6.07) is 8.23. The Morgan fingerprint density at radius 1 is 1.29 bits per heavy atom. The van der Waals surface area contributed by atoms with Gasteiger partial charge in [0.1, 0.15) is 11.8 Å². The van der Waals surface area contributed by atoms with Crippen molar-refractivity contribution in [1.29, 1.82) is 0 Å². The number of likely N-dealkylation sites (N-methyl/N-ethyl adjacent to an activating group) is 1. The fourth-order valence-electron chi connectivity index (χ4n) is 1.86. The highest BCUT2D eigenvalue weighted by Gasteiger charge is 2.29. The fourth-order valence-corrected chi connectivity index (χ4v) is 1.86. The number of ether oxygens (including phenoxy) is 1. The van der Waals surface area contributed by atoms with Crippen molar-refractivity contribution in [3.8, 4) is 5.75 Å². The molecular weight excluding hydrogens is 270 g/mol. The Bertz CT molecular complexity index is 483. The van der Waals surface area contributed by atoms with Gasteiger partial charge in [-0.1, -0.05) is 18.2 Å². The van der Waals surface area contributed by atoms with Crippen molar-refractivity contribution in [3.63, 3.8) is 0 Å². The lowest BCUT2D eigenvalue weighted by Crippen LogP contribution is -2.52. The molecule has 0 aliphatic carbocycles. The zero-order valence-electron chi connectivity index (χ0n) is 12.7. The molecule has 21 heavy (non-hydrogen) atoms. The minimum absolute atomic E-state index is 0.157. The molecule has 0 aliphatic rings. The van der Waals surface area contributed by atoms with Gasteiger partial charge in [-0.3, -0.25) is 9.59 Å². The number of hydrogen-bond acceptors (Lipinski definition) is 4. The lowest BCUT2D eigenvalue weighted by atomic mass is 9.95. The van der Waals surface area contributed by atoms with Crippen LogP contribution >= 0.6 is 0 Å². The molecule has 6 nitrogen and oxygen atoms in total. The number of amides is 2. The van der Waals surface area contributed by atoms with E-state index in [1.807, 2.05) is 18.2 Å². The van der Waals surface area contributed by atoms with E-state index < -0.39 is 17.5 Å². The number of primary amides is 1. The molecule has 2 amide bonds. The Kier molecular flexibility index (Phi) is 5.72. The van der Waals surface area contributed by atoms with Gasteiger partial charge in [0, 0.05) is 12.6 Å². The third-order valence-corrected chi connectivity index (χ3v) is 3.01. The molecule has 0 aliphatic heterocycles. The molecule has 1 atom stereocenters. The standard InChI is InChI=1S/C15H23N3O3/c1-15(2,17)9-12(14(16)20)18(3)13(19)10-21-11-7-5-4-6-8-11/h4-8,12H,9-10,17H2,1-3H3,(H2,16,20)/t12-/m0/s1. The van der Waals surface area contributed by atoms with Crippen LogP contribution in [0.5, 0.6) is 5.75 Å². The van der Waals surface area contributed by atoms with Crippen LogP contribution in [0.15, 0.2) is 30.3 Å². The number of nitrogens with two attached hydrogens (primary N) is 2. The van der Waals surface area contributed by atoms with Gasteiger partial charge in [-0.25, -0.2) is 0 Å². The molecule has 1 aromatic carbocycles. The maximum Gasteiger partial charge on any atom is 0.260 e. The maximum absolute atomic E-state index is 12.1. The number of hydrogen-bond donors (Lipinski definition) is 2. The lowest BCUT2D eigenvalue weighted by Gasteiger charge is -2.30. The van der Waals surface area contributed by atoms with Crippen LogP contribution < -0.4 is 16.2 Å². The third kappa shape index (κ3) is 5.83. The van der Waals surface area contributed by atoms with Crippen molar-refractivity contribution in [3.05, 3.63) is 30.3 Å². The fraction of sp³-hybridized carbons (Fsp3) is 0.467. The summed E-state index contributed by atoms with van der Waals surface area (Å²) in [4.78, 5) is 24.9. The van der Waals surface area contributed by atoms with Gasteiger partial charge >= 0.3 is 0 Å². The van der Waals surface area contributed by atoms with Gasteiger partial charge < -0.3 is 21.1 Å². The molecule has 6 heteroatoms. The molecule has 0 radical (unpaired) electrons. The summed E-state index contributed by atoms with van der Waals surface area (Å²) in [6.07, 6.45) is 0.288. The number of carbonyl (C=O) groups is 2. The van der Waals surface area contributed by atoms with Crippen molar-refractivity contribution in [2.24, 2.45) is 11.5 Å². The number of nitrogens with zero attached hydrogens (tertiary/aromatic N) is 1. The highest BCUT2D eigenvalue weighted by atomic mass is 16.5. The van der Waals surface area contributed by atoms with Gasteiger partial charge in [0.2, 0.25) is 5.91 Å². The van der Waals surface area contributed by atoms with E-state index in [1.54, 1.807) is 26.0 Å². The Labute approximate surface area is 125 Å². The molecule has 0 unspecified atom stereocenters. The first-order valence-electron chi connectivity index (χ1n) is 6.72. The van der Waals surface area contributed by atoms with Crippen molar-refractivity contribution in [1.82, 2.24) is 4.90 Å². The zero-order valence-corrected chi connectivity index (χ0v) is 12.7. The van der Waals surface area contributed by atoms with Gasteiger partial charge in [-0.05, 0) is 32.4 Å². The summed E-state index contributed by atoms with van der Waals surface area (Å²) in [5.74, 6) is -0.315. The predicted octanol–water partition coefficient (Wildman–Crippen LogP) is 0.505. The van der Waals surface area contributed by atoms with Crippen LogP contribution in [-0.2, 0) is 9.59 Å². The molecule has 1 aromatic rings. The summed E-state index contributed by atoms with van der Waals surface area (Å²) >= 11 is 0. The van der Waals surface area contributed by atoms with E-state index >= 15 is 0 Å². The van der Waals surface area contributed by atoms with Gasteiger partial charge in [-0.2, -0.15) is 0 Å². The molecule has 4 N–H and O–H groups in total. The molecule has 0 saturated heterocycles. The van der Waals surface area contributed by atoms with Crippen molar-refractivity contribution in [2.45, 2.75) is 31.8 Å². The zero-order chi connectivity index (χ0) is 16.0. The average molecular weight is 293 g/mol. The predicted molar refractivity (Wildman–Crippen MR) is 80.6 cm³/mol. The Hall–Kier alpha value is -2.08. The molecule has 0 fully saturated rings. The second-order valence-electron chi connectivity index (χ2n) is 5.72. The minimum atomic E-state index is -0.753. The lowest BCUT2D eigenvalue weighted by molar-refractivity contribution is -0.139. The van der Waals surface area contributed by atoms with Gasteiger partial charge in [0.25, 0.3) is 5.91 Å². The van der Waals surface area contributed by atoms with Crippen LogP contribution in [0.3, 0.4) is 0 Å². The quantitative estimate of drug-likeness (QED) is 0.765. The van der Waals surface area contributed by atoms with E-state index in [1.165, 1.54) is 11.9 Å². The molecule has 116 valence electrons. The van der Waals surface area contributed by atoms with Crippen LogP contribution in [0.1, 0.15) is 20.3 Å². The number of para-hydroxylation sites is 1. The monoisotopic (exact) mass is 293 g/mol. The number of rotatable bonds is 7. The van der Waals surface area contributed by atoms with E-state index in [-0.39, 0.29) is 18.9 Å². The molecule has 0 aromatic heterocycles. The van der Waals surface area contributed by atoms with Crippen molar-refractivity contribution >= 4 is 11.8 Å². The number of benzene rings is 1. The molecule has 1 rings (SSSR count). The van der Waals surface area contributed by atoms with Crippen LogP contribution in [0, 0.1) is 0 Å². The molecule has 0 heterocycles. The first kappa shape index (κ1) is 17.0. The summed E-state index contributed by atoms with van der Waals surface area (Å²) < 4.78 is 5.37. The average Bonchev–Trinajstić information content (AvgIpc) is 2.41. The molecular formula is C15H23N3O3. The highest BCUT2D eigenvalue weighted by molar-refractivity contribution is 5.87. The van der Waals surface area contributed by atoms with Gasteiger partial charge in [0.05, 0.1) is 0 Å². The van der Waals surface area contributed by atoms with Crippen LogP contribution in [0.25, 0.3) is 0 Å². The van der Waals surface area contributed by atoms with E-state index in [9.17, 15) is 9.59 Å². The third-order valence-electron chi connectivity index (χ3n) is 3.01. The van der Waals surface area contributed by atoms with Crippen molar-refractivity contribution < 1.29 is 14.3 Å². The second-order valence-corrected chi connectivity index (χ2v) is 5.72. The summed E-state index contributed by atoms with van der Waals surface area (Å²) in [5.41, 5.74) is 10.7. The SMILES string of the molecule is CN(C(=O)COc1ccccc1)[C@@H](CC(C)(C)N)C(N)=O. The molecule has 0 saturated carbocycles. The summed E-state index contributed by atoms with van der Waals surface area (Å²) in [6.45, 7) is 3.40. The van der Waals surface area contributed by atoms with Gasteiger partial charge in [0.15, 0.2) is 6.61 Å². The molecule has 0 spiro atoms. The molecule has 0 bridgehead atoms. The first-order chi connectivity index (χ1) is 9.70. The minimum Gasteiger partial charge on any atom is -0.484 e.